The molecule has 0 atom stereocenters. The maximum atomic E-state index is 10.5. The molecule has 60 valence electrons. The molecule has 0 aromatic heterocycles. The summed E-state index contributed by atoms with van der Waals surface area (Å²) >= 11 is 0. The molecule has 4 nitrogen and oxygen atoms in total. The van der Waals surface area contributed by atoms with Crippen LogP contribution in [0, 0.1) is 5.41 Å². The summed E-state index contributed by atoms with van der Waals surface area (Å²) in [7, 11) is 1.56. The lowest BCUT2D eigenvalue weighted by molar-refractivity contribution is -0.114. The molecule has 0 spiro atoms. The van der Waals surface area contributed by atoms with Crippen LogP contribution in [0.3, 0.4) is 0 Å². The maximum Gasteiger partial charge on any atom is 0.264 e. The number of hydrogen-bond donors (Lipinski definition) is 3. The number of likely N-dealkylation sites (N-methyl/N-ethyl adjacent to an activating group) is 1. The van der Waals surface area contributed by atoms with Gasteiger partial charge in [-0.1, -0.05) is 6.58 Å². The molecule has 0 aromatic rings. The van der Waals surface area contributed by atoms with Crippen LogP contribution in [-0.4, -0.2) is 18.7 Å². The Morgan fingerprint density at radius 2 is 2.27 bits per heavy atom. The molecule has 0 bridgehead atoms. The van der Waals surface area contributed by atoms with Crippen molar-refractivity contribution in [1.82, 2.24) is 5.32 Å². The van der Waals surface area contributed by atoms with Crippen molar-refractivity contribution < 1.29 is 4.79 Å². The molecule has 0 aliphatic carbocycles. The summed E-state index contributed by atoms with van der Waals surface area (Å²) in [5, 5.41) is 9.69. The lowest BCUT2D eigenvalue weighted by atomic mass is 10.3. The Morgan fingerprint density at radius 1 is 1.73 bits per heavy atom. The van der Waals surface area contributed by atoms with Gasteiger partial charge in [-0.2, -0.15) is 0 Å². The molecule has 0 aliphatic heterocycles. The van der Waals surface area contributed by atoms with Gasteiger partial charge in [-0.15, -0.1) is 0 Å². The Hall–Kier alpha value is -1.58. The van der Waals surface area contributed by atoms with Gasteiger partial charge in [0.1, 0.15) is 5.70 Å². The quantitative estimate of drug-likeness (QED) is 0.385. The second-order valence-electron chi connectivity index (χ2n) is 1.83. The van der Waals surface area contributed by atoms with Crippen LogP contribution in [0.4, 0.5) is 0 Å². The van der Waals surface area contributed by atoms with E-state index in [1.54, 1.807) is 7.05 Å². The van der Waals surface area contributed by atoms with Gasteiger partial charge in [0.05, 0.1) is 5.71 Å². The fraction of sp³-hybridized carbons (Fsp3) is 0.143. The van der Waals surface area contributed by atoms with Crippen LogP contribution in [-0.2, 0) is 4.79 Å². The summed E-state index contributed by atoms with van der Waals surface area (Å²) in [5.41, 5.74) is 5.30. The topological polar surface area (TPSA) is 79.0 Å². The zero-order chi connectivity index (χ0) is 8.85. The summed E-state index contributed by atoms with van der Waals surface area (Å²) in [6.45, 7) is 3.36. The van der Waals surface area contributed by atoms with Gasteiger partial charge < -0.3 is 16.5 Å². The van der Waals surface area contributed by atoms with Crippen molar-refractivity contribution in [1.29, 1.82) is 5.41 Å². The first-order valence-electron chi connectivity index (χ1n) is 3.02. The standard InChI is InChI=1S/C7H11N3O/c1-3-5(8)4-6(10-2)7(9)11/h3-4,8,10H,1H2,2H3,(H2,9,11)/b6-4-,8-5?. The van der Waals surface area contributed by atoms with Crippen LogP contribution >= 0.6 is 0 Å². The minimum atomic E-state index is -0.584. The van der Waals surface area contributed by atoms with Crippen LogP contribution in [0.2, 0.25) is 0 Å². The molecule has 0 rings (SSSR count). The van der Waals surface area contributed by atoms with E-state index in [0.717, 1.165) is 0 Å². The number of hydrogen-bond acceptors (Lipinski definition) is 3. The highest BCUT2D eigenvalue weighted by Gasteiger charge is 2.00. The number of amides is 1. The Kier molecular flexibility index (Phi) is 3.66. The number of primary amides is 1. The molecule has 0 saturated carbocycles. The zero-order valence-corrected chi connectivity index (χ0v) is 6.35. The maximum absolute atomic E-state index is 10.5. The minimum Gasteiger partial charge on any atom is -0.384 e. The van der Waals surface area contributed by atoms with Crippen molar-refractivity contribution in [2.24, 2.45) is 5.73 Å². The van der Waals surface area contributed by atoms with Gasteiger partial charge in [0, 0.05) is 7.05 Å². The Morgan fingerprint density at radius 3 is 2.55 bits per heavy atom. The van der Waals surface area contributed by atoms with Crippen LogP contribution < -0.4 is 11.1 Å². The average Bonchev–Trinajstić information content (AvgIpc) is 1.99. The van der Waals surface area contributed by atoms with Crippen molar-refractivity contribution in [3.05, 3.63) is 24.4 Å². The molecule has 0 fully saturated rings. The number of carbonyl (C=O) groups excluding carboxylic acids is 1. The zero-order valence-electron chi connectivity index (χ0n) is 6.35. The number of nitrogens with two attached hydrogens (primary N) is 1. The highest BCUT2D eigenvalue weighted by Crippen LogP contribution is 1.87. The summed E-state index contributed by atoms with van der Waals surface area (Å²) in [6.07, 6.45) is 2.63. The van der Waals surface area contributed by atoms with Crippen molar-refractivity contribution in [3.8, 4) is 0 Å². The van der Waals surface area contributed by atoms with E-state index in [4.69, 9.17) is 11.1 Å². The lowest BCUT2D eigenvalue weighted by Crippen LogP contribution is -2.24. The van der Waals surface area contributed by atoms with Gasteiger partial charge in [-0.25, -0.2) is 0 Å². The molecule has 0 saturated heterocycles. The third-order valence-electron chi connectivity index (χ3n) is 1.05. The van der Waals surface area contributed by atoms with E-state index in [1.807, 2.05) is 0 Å². The van der Waals surface area contributed by atoms with E-state index < -0.39 is 5.91 Å². The predicted molar refractivity (Wildman–Crippen MR) is 44.3 cm³/mol. The van der Waals surface area contributed by atoms with Crippen molar-refractivity contribution in [3.63, 3.8) is 0 Å². The second-order valence-corrected chi connectivity index (χ2v) is 1.83. The molecule has 1 amide bonds. The molecule has 11 heavy (non-hydrogen) atoms. The van der Waals surface area contributed by atoms with E-state index in [9.17, 15) is 4.79 Å². The molecule has 0 aliphatic rings. The highest BCUT2D eigenvalue weighted by molar-refractivity contribution is 6.06. The molecule has 0 unspecified atom stereocenters. The first kappa shape index (κ1) is 9.42. The summed E-state index contributed by atoms with van der Waals surface area (Å²) in [5.74, 6) is -0.584. The summed E-state index contributed by atoms with van der Waals surface area (Å²) < 4.78 is 0. The normalized spacial score (nSPS) is 10.5. The Labute approximate surface area is 65.3 Å². The lowest BCUT2D eigenvalue weighted by Gasteiger charge is -1.99. The van der Waals surface area contributed by atoms with Gasteiger partial charge in [0.2, 0.25) is 0 Å². The monoisotopic (exact) mass is 153 g/mol. The van der Waals surface area contributed by atoms with Gasteiger partial charge in [0.25, 0.3) is 5.91 Å². The van der Waals surface area contributed by atoms with Gasteiger partial charge >= 0.3 is 0 Å². The number of carbonyl (C=O) groups is 1. The van der Waals surface area contributed by atoms with E-state index in [2.05, 4.69) is 11.9 Å². The fourth-order valence-corrected chi connectivity index (χ4v) is 0.481. The van der Waals surface area contributed by atoms with E-state index in [-0.39, 0.29) is 11.4 Å². The predicted octanol–water partition coefficient (Wildman–Crippen LogP) is -0.219. The molecular formula is C7H11N3O. The van der Waals surface area contributed by atoms with Gasteiger partial charge in [0.15, 0.2) is 0 Å². The molecule has 0 aromatic carbocycles. The molecule has 0 radical (unpaired) electrons. The third-order valence-corrected chi connectivity index (χ3v) is 1.05. The van der Waals surface area contributed by atoms with Crippen LogP contribution in [0.15, 0.2) is 24.4 Å². The Balaban J connectivity index is 4.47. The first-order chi connectivity index (χ1) is 5.11. The molecule has 4 heteroatoms. The summed E-state index contributed by atoms with van der Waals surface area (Å²) in [4.78, 5) is 10.5. The minimum absolute atomic E-state index is 0.146. The highest BCUT2D eigenvalue weighted by atomic mass is 16.1. The van der Waals surface area contributed by atoms with Crippen molar-refractivity contribution in [2.45, 2.75) is 0 Å². The SMILES string of the molecule is C=CC(=N)/C=C(\NC)C(N)=O. The van der Waals surface area contributed by atoms with Crippen LogP contribution in [0.5, 0.6) is 0 Å². The van der Waals surface area contributed by atoms with Gasteiger partial charge in [-0.05, 0) is 12.2 Å². The smallest absolute Gasteiger partial charge is 0.264 e. The van der Waals surface area contributed by atoms with Crippen LogP contribution in [0.1, 0.15) is 0 Å². The van der Waals surface area contributed by atoms with E-state index in [0.29, 0.717) is 0 Å². The third kappa shape index (κ3) is 3.20. The van der Waals surface area contributed by atoms with Crippen molar-refractivity contribution in [2.75, 3.05) is 7.05 Å². The second kappa shape index (κ2) is 4.27. The summed E-state index contributed by atoms with van der Waals surface area (Å²) in [6, 6.07) is 0. The van der Waals surface area contributed by atoms with E-state index in [1.165, 1.54) is 12.2 Å². The molecule has 4 N–H and O–H groups in total. The number of rotatable bonds is 4. The molecular weight excluding hydrogens is 142 g/mol. The van der Waals surface area contributed by atoms with Gasteiger partial charge in [-0.3, -0.25) is 4.79 Å². The number of nitrogens with one attached hydrogen (secondary N) is 2. The number of allylic oxidation sites excluding steroid dienone is 2. The van der Waals surface area contributed by atoms with Crippen LogP contribution in [0.25, 0.3) is 0 Å². The largest absolute Gasteiger partial charge is 0.384 e. The average molecular weight is 153 g/mol. The van der Waals surface area contributed by atoms with E-state index >= 15 is 0 Å². The Bertz CT molecular complexity index is 218. The first-order valence-corrected chi connectivity index (χ1v) is 3.02. The molecule has 0 heterocycles. The fourth-order valence-electron chi connectivity index (χ4n) is 0.481. The van der Waals surface area contributed by atoms with Crippen molar-refractivity contribution >= 4 is 11.6 Å².